The van der Waals surface area contributed by atoms with Gasteiger partial charge in [0, 0.05) is 13.2 Å². The molecule has 2 aromatic heterocycles. The molecule has 0 aliphatic carbocycles. The van der Waals surface area contributed by atoms with E-state index in [1.165, 1.54) is 11.3 Å². The number of hydrogen-bond acceptors (Lipinski definition) is 7. The van der Waals surface area contributed by atoms with E-state index in [0.29, 0.717) is 29.1 Å². The van der Waals surface area contributed by atoms with Gasteiger partial charge in [-0.25, -0.2) is 8.42 Å². The summed E-state index contributed by atoms with van der Waals surface area (Å²) in [5.41, 5.74) is 0.923. The van der Waals surface area contributed by atoms with Gasteiger partial charge in [-0.3, -0.25) is 0 Å². The lowest BCUT2D eigenvalue weighted by molar-refractivity contribution is 0.0522. The van der Waals surface area contributed by atoms with Crippen molar-refractivity contribution in [2.75, 3.05) is 13.2 Å². The smallest absolute Gasteiger partial charge is 0.250 e. The summed E-state index contributed by atoms with van der Waals surface area (Å²) in [6.45, 7) is 4.79. The van der Waals surface area contributed by atoms with E-state index in [1.54, 1.807) is 13.0 Å². The van der Waals surface area contributed by atoms with Crippen molar-refractivity contribution in [2.45, 2.75) is 36.9 Å². The van der Waals surface area contributed by atoms with Crippen LogP contribution >= 0.6 is 11.3 Å². The third-order valence-corrected chi connectivity index (χ3v) is 6.80. The highest BCUT2D eigenvalue weighted by Crippen LogP contribution is 2.31. The molecule has 1 fully saturated rings. The zero-order valence-corrected chi connectivity index (χ0v) is 14.6. The first-order chi connectivity index (χ1) is 11.0. The highest BCUT2D eigenvalue weighted by atomic mass is 32.2. The van der Waals surface area contributed by atoms with Gasteiger partial charge in [-0.1, -0.05) is 5.16 Å². The van der Waals surface area contributed by atoms with Gasteiger partial charge in [-0.15, -0.1) is 11.3 Å². The Morgan fingerprint density at radius 3 is 2.65 bits per heavy atom. The van der Waals surface area contributed by atoms with E-state index in [-0.39, 0.29) is 5.92 Å². The molecule has 0 spiro atoms. The van der Waals surface area contributed by atoms with Gasteiger partial charge in [0.15, 0.2) is 5.82 Å². The molecule has 1 atom stereocenters. The molecule has 3 rings (SSSR count). The van der Waals surface area contributed by atoms with Crippen molar-refractivity contribution in [1.82, 2.24) is 14.9 Å². The zero-order chi connectivity index (χ0) is 16.4. The van der Waals surface area contributed by atoms with Crippen molar-refractivity contribution >= 4 is 21.4 Å². The normalized spacial score (nSPS) is 18.2. The summed E-state index contributed by atoms with van der Waals surface area (Å²) in [7, 11) is -3.63. The third-order valence-electron chi connectivity index (χ3n) is 3.80. The predicted molar refractivity (Wildman–Crippen MR) is 84.7 cm³/mol. The van der Waals surface area contributed by atoms with Crippen LogP contribution in [0.5, 0.6) is 0 Å². The minimum Gasteiger partial charge on any atom is -0.381 e. The van der Waals surface area contributed by atoms with Crippen LogP contribution in [0.25, 0.3) is 0 Å². The summed E-state index contributed by atoms with van der Waals surface area (Å²) in [5, 5.41) is 5.60. The molecule has 0 amide bonds. The first kappa shape index (κ1) is 16.6. The van der Waals surface area contributed by atoms with Gasteiger partial charge in [-0.2, -0.15) is 9.71 Å². The van der Waals surface area contributed by atoms with Crippen molar-refractivity contribution < 1.29 is 17.7 Å². The van der Waals surface area contributed by atoms with Crippen LogP contribution < -0.4 is 4.72 Å². The number of aryl methyl sites for hydroxylation is 2. The number of nitrogens with one attached hydrogen (secondary N) is 1. The van der Waals surface area contributed by atoms with Crippen molar-refractivity contribution in [3.8, 4) is 0 Å². The monoisotopic (exact) mass is 357 g/mol. The topological polar surface area (TPSA) is 94.3 Å². The first-order valence-electron chi connectivity index (χ1n) is 7.41. The summed E-state index contributed by atoms with van der Waals surface area (Å²) >= 11 is 1.20. The molecule has 0 saturated carbocycles. The predicted octanol–water partition coefficient (Wildman–Crippen LogP) is 2.19. The second kappa shape index (κ2) is 6.68. The molecule has 3 heterocycles. The molecule has 1 aliphatic rings. The molecule has 0 bridgehead atoms. The minimum absolute atomic E-state index is 0.0689. The summed E-state index contributed by atoms with van der Waals surface area (Å²) < 4.78 is 39.0. The fraction of sp³-hybridized carbons (Fsp3) is 0.571. The number of hydrogen-bond donors (Lipinski definition) is 1. The maximum atomic E-state index is 12.7. The minimum atomic E-state index is -3.63. The highest BCUT2D eigenvalue weighted by molar-refractivity contribution is 7.91. The lowest BCUT2D eigenvalue weighted by Crippen LogP contribution is -2.36. The standard InChI is InChI=1S/C14H19N3O4S2/c1-9-7-12(22-8-9)23(18,19)17-13(11-3-5-20-6-4-11)14-15-10(2)16-21-14/h7-8,11,13,17H,3-6H2,1-2H3. The lowest BCUT2D eigenvalue weighted by Gasteiger charge is -2.28. The van der Waals surface area contributed by atoms with Crippen molar-refractivity contribution in [3.63, 3.8) is 0 Å². The zero-order valence-electron chi connectivity index (χ0n) is 13.0. The van der Waals surface area contributed by atoms with E-state index in [9.17, 15) is 8.42 Å². The van der Waals surface area contributed by atoms with E-state index in [1.807, 2.05) is 12.3 Å². The van der Waals surface area contributed by atoms with Gasteiger partial charge < -0.3 is 9.26 Å². The molecule has 1 saturated heterocycles. The van der Waals surface area contributed by atoms with Gasteiger partial charge in [-0.05, 0) is 49.6 Å². The van der Waals surface area contributed by atoms with Crippen LogP contribution in [0.4, 0.5) is 0 Å². The average molecular weight is 357 g/mol. The molecular formula is C14H19N3O4S2. The van der Waals surface area contributed by atoms with E-state index < -0.39 is 16.1 Å². The van der Waals surface area contributed by atoms with Gasteiger partial charge in [0.25, 0.3) is 10.0 Å². The fourth-order valence-electron chi connectivity index (χ4n) is 2.61. The Labute approximate surface area is 139 Å². The molecule has 9 heteroatoms. The molecule has 23 heavy (non-hydrogen) atoms. The molecule has 2 aromatic rings. The number of aromatic nitrogens is 2. The Balaban J connectivity index is 1.89. The van der Waals surface area contributed by atoms with Gasteiger partial charge in [0.2, 0.25) is 5.89 Å². The SMILES string of the molecule is Cc1csc(S(=O)(=O)NC(c2nc(C)no2)C2CCOCC2)c1. The summed E-state index contributed by atoms with van der Waals surface area (Å²) in [5.74, 6) is 0.869. The highest BCUT2D eigenvalue weighted by Gasteiger charge is 2.34. The van der Waals surface area contributed by atoms with Crippen LogP contribution in [0.1, 0.15) is 36.2 Å². The van der Waals surface area contributed by atoms with Gasteiger partial charge in [0.1, 0.15) is 10.3 Å². The van der Waals surface area contributed by atoms with Crippen molar-refractivity contribution in [1.29, 1.82) is 0 Å². The molecule has 1 unspecified atom stereocenters. The molecule has 0 aromatic carbocycles. The third kappa shape index (κ3) is 3.79. The van der Waals surface area contributed by atoms with Crippen LogP contribution in [0.3, 0.4) is 0 Å². The van der Waals surface area contributed by atoms with E-state index in [2.05, 4.69) is 14.9 Å². The lowest BCUT2D eigenvalue weighted by atomic mass is 9.92. The van der Waals surface area contributed by atoms with E-state index in [0.717, 1.165) is 18.4 Å². The van der Waals surface area contributed by atoms with Crippen LogP contribution in [0.15, 0.2) is 20.2 Å². The molecule has 126 valence electrons. The Morgan fingerprint density at radius 2 is 2.09 bits per heavy atom. The second-order valence-electron chi connectivity index (χ2n) is 5.67. The number of nitrogens with zero attached hydrogens (tertiary/aromatic N) is 2. The molecule has 0 radical (unpaired) electrons. The maximum Gasteiger partial charge on any atom is 0.250 e. The van der Waals surface area contributed by atoms with Gasteiger partial charge in [0.05, 0.1) is 0 Å². The number of rotatable bonds is 5. The Bertz CT molecular complexity index is 763. The first-order valence-corrected chi connectivity index (χ1v) is 9.77. The number of thiophene rings is 1. The average Bonchev–Trinajstić information content (AvgIpc) is 3.15. The summed E-state index contributed by atoms with van der Waals surface area (Å²) in [6, 6.07) is 1.13. The number of sulfonamides is 1. The largest absolute Gasteiger partial charge is 0.381 e. The Kier molecular flexibility index (Phi) is 4.81. The van der Waals surface area contributed by atoms with Gasteiger partial charge >= 0.3 is 0 Å². The maximum absolute atomic E-state index is 12.7. The van der Waals surface area contributed by atoms with Crippen LogP contribution in [0.2, 0.25) is 0 Å². The fourth-order valence-corrected chi connectivity index (χ4v) is 5.11. The van der Waals surface area contributed by atoms with E-state index in [4.69, 9.17) is 9.26 Å². The van der Waals surface area contributed by atoms with Crippen LogP contribution in [-0.2, 0) is 14.8 Å². The molecule has 7 nitrogen and oxygen atoms in total. The van der Waals surface area contributed by atoms with Crippen LogP contribution in [-0.4, -0.2) is 31.8 Å². The van der Waals surface area contributed by atoms with Crippen LogP contribution in [0, 0.1) is 19.8 Å². The van der Waals surface area contributed by atoms with Crippen molar-refractivity contribution in [2.24, 2.45) is 5.92 Å². The summed E-state index contributed by atoms with van der Waals surface area (Å²) in [4.78, 5) is 4.23. The number of ether oxygens (including phenoxy) is 1. The summed E-state index contributed by atoms with van der Waals surface area (Å²) in [6.07, 6.45) is 1.50. The molecule has 1 aliphatic heterocycles. The van der Waals surface area contributed by atoms with E-state index >= 15 is 0 Å². The molecular weight excluding hydrogens is 338 g/mol. The second-order valence-corrected chi connectivity index (χ2v) is 8.52. The van der Waals surface area contributed by atoms with Crippen molar-refractivity contribution in [3.05, 3.63) is 28.7 Å². The molecule has 1 N–H and O–H groups in total. The Morgan fingerprint density at radius 1 is 1.35 bits per heavy atom. The quantitative estimate of drug-likeness (QED) is 0.881. The Hall–Kier alpha value is -1.29.